The number of aliphatic hydroxyl groups excluding tert-OH is 2. The lowest BCUT2D eigenvalue weighted by Crippen LogP contribution is -2.62. The number of likely N-dealkylation sites (N-methyl/N-ethyl adjacent to an activating group) is 1. The van der Waals surface area contributed by atoms with Crippen LogP contribution >= 0.6 is 0 Å². The third-order valence-corrected chi connectivity index (χ3v) is 13.4. The van der Waals surface area contributed by atoms with Crippen molar-refractivity contribution in [1.82, 2.24) is 41.4 Å². The maximum absolute atomic E-state index is 15.0. The van der Waals surface area contributed by atoms with Gasteiger partial charge in [0, 0.05) is 49.3 Å². The average molecular weight is 1010 g/mol. The standard InChI is InChI=1S/C55H80N8O10/c1-15-55(11,12)63-28-38(37-23-19-20-24-40(37)63)46(65)44-52(70)57-39(27-33(8)29-64)49(67)56-35(10)48(66)61-45(47(73-14)36-21-17-16-18-22-36)53(71)58-42(32(6)7)54(72)62(13)41(26-31(4)5)50(68)59-43(51(69)60-44)34(9)25-30(2)3/h15-25,28,31-35,39,41-47,64-65H,1,26-27,29H2,2-14H3,(H,56,67)(H,57,70)(H,58,71)(H,59,68)(H,60,69)(H,61,66)/t33-,34-,35+,39+,41+,42+,43+,44+,45+,46-,47-/m1/s1. The largest absolute Gasteiger partial charge is 0.396 e. The van der Waals surface area contributed by atoms with Crippen LogP contribution in [0.4, 0.5) is 0 Å². The van der Waals surface area contributed by atoms with E-state index in [9.17, 15) is 34.2 Å². The highest BCUT2D eigenvalue weighted by Gasteiger charge is 2.42. The summed E-state index contributed by atoms with van der Waals surface area (Å²) in [5.74, 6) is -7.68. The molecule has 3 aromatic rings. The second kappa shape index (κ2) is 26.0. The van der Waals surface area contributed by atoms with Crippen molar-refractivity contribution in [3.05, 3.63) is 96.2 Å². The average Bonchev–Trinajstić information content (AvgIpc) is 3.74. The molecule has 2 aromatic carbocycles. The molecular formula is C55H80N8O10. The number of carbonyl (C=O) groups excluding carboxylic acids is 7. The molecule has 8 N–H and O–H groups in total. The summed E-state index contributed by atoms with van der Waals surface area (Å²) in [5, 5.41) is 39.8. The number of hydrogen-bond acceptors (Lipinski definition) is 10. The number of aromatic nitrogens is 1. The van der Waals surface area contributed by atoms with Gasteiger partial charge in [-0.3, -0.25) is 33.6 Å². The molecule has 0 aliphatic carbocycles. The normalized spacial score (nSPS) is 24.3. The number of fused-ring (bicyclic) bond motifs is 1. The van der Waals surface area contributed by atoms with Crippen molar-refractivity contribution in [3.63, 3.8) is 0 Å². The van der Waals surface area contributed by atoms with Gasteiger partial charge in [-0.15, -0.1) is 6.58 Å². The Labute approximate surface area is 430 Å². The minimum absolute atomic E-state index is 0.137. The molecule has 0 unspecified atom stereocenters. The number of allylic oxidation sites excluding steroid dienone is 2. The summed E-state index contributed by atoms with van der Waals surface area (Å²) >= 11 is 0. The number of nitrogens with one attached hydrogen (secondary N) is 6. The second-order valence-electron chi connectivity index (χ2n) is 21.0. The van der Waals surface area contributed by atoms with Crippen LogP contribution in [0.5, 0.6) is 0 Å². The van der Waals surface area contributed by atoms with E-state index in [-0.39, 0.29) is 30.9 Å². The fourth-order valence-corrected chi connectivity index (χ4v) is 9.07. The molecule has 11 atom stereocenters. The summed E-state index contributed by atoms with van der Waals surface area (Å²) < 4.78 is 7.73. The van der Waals surface area contributed by atoms with E-state index < -0.39 is 119 Å². The Morgan fingerprint density at radius 2 is 1.30 bits per heavy atom. The lowest BCUT2D eigenvalue weighted by atomic mass is 9.94. The lowest BCUT2D eigenvalue weighted by molar-refractivity contribution is -0.145. The van der Waals surface area contributed by atoms with Gasteiger partial charge in [-0.1, -0.05) is 108 Å². The number of carbonyl (C=O) groups is 7. The van der Waals surface area contributed by atoms with Crippen LogP contribution in [0.1, 0.15) is 112 Å². The van der Waals surface area contributed by atoms with Gasteiger partial charge in [0.05, 0.1) is 5.54 Å². The van der Waals surface area contributed by atoms with Gasteiger partial charge in [-0.05, 0) is 76.8 Å². The molecule has 2 heterocycles. The van der Waals surface area contributed by atoms with E-state index in [1.165, 1.54) is 26.0 Å². The van der Waals surface area contributed by atoms with Crippen LogP contribution in [0, 0.1) is 23.7 Å². The molecule has 7 amide bonds. The van der Waals surface area contributed by atoms with Gasteiger partial charge in [0.1, 0.15) is 54.5 Å². The number of rotatable bonds is 15. The maximum Gasteiger partial charge on any atom is 0.246 e. The van der Waals surface area contributed by atoms with Crippen LogP contribution in [0.15, 0.2) is 85.1 Å². The van der Waals surface area contributed by atoms with Crippen molar-refractivity contribution in [2.24, 2.45) is 23.7 Å². The number of hydrogen-bond donors (Lipinski definition) is 8. The highest BCUT2D eigenvalue weighted by Crippen LogP contribution is 2.34. The number of ether oxygens (including phenoxy) is 1. The smallest absolute Gasteiger partial charge is 0.246 e. The first-order valence-corrected chi connectivity index (χ1v) is 25.1. The van der Waals surface area contributed by atoms with Crippen LogP contribution in [0.25, 0.3) is 10.9 Å². The fourth-order valence-electron chi connectivity index (χ4n) is 9.07. The number of para-hydroxylation sites is 1. The molecule has 1 fully saturated rings. The minimum Gasteiger partial charge on any atom is -0.396 e. The molecule has 0 bridgehead atoms. The van der Waals surface area contributed by atoms with E-state index in [4.69, 9.17) is 4.74 Å². The molecule has 1 aromatic heterocycles. The first-order chi connectivity index (χ1) is 34.3. The molecule has 0 spiro atoms. The SMILES string of the molecule is C=CC(C)(C)n1cc([C@@H](O)[C@@H]2NC(=O)[C@H]([C@H](C)C=C(C)C)NC(=O)[C@H](CC(C)C)N(C)C(=O)[C@H](C(C)C)NC(=O)[C@H]([C@H](OC)c3ccccc3)NC(=O)[C@H](C)NC(=O)[C@H](C[C@@H](C)CO)NC2=O)c2ccccc21. The first-order valence-electron chi connectivity index (χ1n) is 25.1. The molecule has 4 rings (SSSR count). The Hall–Kier alpha value is -6.37. The molecular weight excluding hydrogens is 933 g/mol. The van der Waals surface area contributed by atoms with Gasteiger partial charge < -0.3 is 56.3 Å². The molecule has 0 radical (unpaired) electrons. The highest BCUT2D eigenvalue weighted by molar-refractivity contribution is 5.99. The van der Waals surface area contributed by atoms with E-state index in [0.717, 1.165) is 5.57 Å². The zero-order chi connectivity index (χ0) is 54.6. The highest BCUT2D eigenvalue weighted by atomic mass is 16.5. The Kier molecular flexibility index (Phi) is 21.1. The van der Waals surface area contributed by atoms with E-state index >= 15 is 9.59 Å². The van der Waals surface area contributed by atoms with Gasteiger partial charge in [-0.2, -0.15) is 0 Å². The van der Waals surface area contributed by atoms with Crippen molar-refractivity contribution >= 4 is 52.3 Å². The quantitative estimate of drug-likeness (QED) is 0.101. The number of nitrogens with zero attached hydrogens (tertiary/aromatic N) is 2. The summed E-state index contributed by atoms with van der Waals surface area (Å²) in [7, 11) is 2.81. The second-order valence-corrected chi connectivity index (χ2v) is 21.0. The summed E-state index contributed by atoms with van der Waals surface area (Å²) in [6.45, 7) is 23.0. The molecule has 18 nitrogen and oxygen atoms in total. The van der Waals surface area contributed by atoms with Gasteiger partial charge >= 0.3 is 0 Å². The third-order valence-electron chi connectivity index (χ3n) is 13.4. The summed E-state index contributed by atoms with van der Waals surface area (Å²) in [6, 6.07) is 5.92. The van der Waals surface area contributed by atoms with Crippen LogP contribution in [0.2, 0.25) is 0 Å². The van der Waals surface area contributed by atoms with Gasteiger partial charge in [0.15, 0.2) is 0 Å². The zero-order valence-corrected chi connectivity index (χ0v) is 44.8. The van der Waals surface area contributed by atoms with Crippen LogP contribution in [-0.2, 0) is 43.8 Å². The minimum atomic E-state index is -1.82. The Bertz CT molecular complexity index is 2460. The Morgan fingerprint density at radius 1 is 0.740 bits per heavy atom. The Morgan fingerprint density at radius 3 is 1.88 bits per heavy atom. The topological polar surface area (TPSA) is 250 Å². The predicted molar refractivity (Wildman–Crippen MR) is 280 cm³/mol. The third kappa shape index (κ3) is 14.9. The first kappa shape index (κ1) is 59.2. The zero-order valence-electron chi connectivity index (χ0n) is 44.8. The predicted octanol–water partition coefficient (Wildman–Crippen LogP) is 4.08. The van der Waals surface area contributed by atoms with Crippen LogP contribution in [-0.4, -0.2) is 124 Å². The Balaban J connectivity index is 1.99. The molecule has 73 heavy (non-hydrogen) atoms. The van der Waals surface area contributed by atoms with E-state index in [1.807, 2.05) is 58.2 Å². The molecule has 18 heteroatoms. The lowest BCUT2D eigenvalue weighted by Gasteiger charge is -2.35. The molecule has 1 aliphatic heterocycles. The molecule has 400 valence electrons. The molecule has 1 aliphatic rings. The van der Waals surface area contributed by atoms with E-state index in [0.29, 0.717) is 16.5 Å². The van der Waals surface area contributed by atoms with Gasteiger partial charge in [-0.25, -0.2) is 0 Å². The monoisotopic (exact) mass is 1010 g/mol. The maximum atomic E-state index is 15.0. The van der Waals surface area contributed by atoms with Crippen molar-refractivity contribution in [2.75, 3.05) is 20.8 Å². The van der Waals surface area contributed by atoms with Crippen molar-refractivity contribution in [1.29, 1.82) is 0 Å². The van der Waals surface area contributed by atoms with Crippen LogP contribution < -0.4 is 31.9 Å². The fraction of sp³-hybridized carbons (Fsp3) is 0.545. The van der Waals surface area contributed by atoms with Crippen molar-refractivity contribution < 1.29 is 48.5 Å². The van der Waals surface area contributed by atoms with Gasteiger partial charge in [0.2, 0.25) is 41.4 Å². The van der Waals surface area contributed by atoms with Crippen LogP contribution in [0.3, 0.4) is 0 Å². The van der Waals surface area contributed by atoms with E-state index in [2.05, 4.69) is 38.5 Å². The van der Waals surface area contributed by atoms with Crippen molar-refractivity contribution in [2.45, 2.75) is 149 Å². The van der Waals surface area contributed by atoms with E-state index in [1.54, 1.807) is 88.5 Å². The number of amides is 7. The number of aliphatic hydroxyl groups is 2. The summed E-state index contributed by atoms with van der Waals surface area (Å²) in [4.78, 5) is 104. The van der Waals surface area contributed by atoms with Crippen molar-refractivity contribution in [3.8, 4) is 0 Å². The summed E-state index contributed by atoms with van der Waals surface area (Å²) in [6.07, 6.45) is 2.28. The number of methoxy groups -OCH3 is 1. The van der Waals surface area contributed by atoms with Gasteiger partial charge in [0.25, 0.3) is 0 Å². The number of benzene rings is 2. The molecule has 0 saturated carbocycles. The summed E-state index contributed by atoms with van der Waals surface area (Å²) in [5.41, 5.74) is 1.57. The molecule has 1 saturated heterocycles.